The van der Waals surface area contributed by atoms with Crippen LogP contribution in [0.25, 0.3) is 0 Å². The number of aryl methyl sites for hydroxylation is 1. The van der Waals surface area contributed by atoms with Crippen molar-refractivity contribution in [1.29, 1.82) is 0 Å². The third-order valence-electron chi connectivity index (χ3n) is 4.41. The maximum atomic E-state index is 5.26. The molecule has 124 valence electrons. The van der Waals surface area contributed by atoms with Crippen LogP contribution in [0.1, 0.15) is 43.7 Å². The molecule has 0 saturated carbocycles. The van der Waals surface area contributed by atoms with Gasteiger partial charge >= 0.3 is 0 Å². The molecule has 0 N–H and O–H groups in total. The molecule has 0 bridgehead atoms. The number of piperazine rings is 1. The number of hydrogen-bond acceptors (Lipinski definition) is 6. The highest BCUT2D eigenvalue weighted by molar-refractivity contribution is 5.08. The number of pyridine rings is 1. The van der Waals surface area contributed by atoms with Crippen LogP contribution in [0.4, 0.5) is 0 Å². The molecule has 1 fully saturated rings. The molecule has 2 aromatic rings. The zero-order valence-corrected chi connectivity index (χ0v) is 14.0. The molecule has 1 atom stereocenters. The van der Waals surface area contributed by atoms with Crippen LogP contribution in [0.3, 0.4) is 0 Å². The molecule has 0 aliphatic carbocycles. The second-order valence-electron chi connectivity index (χ2n) is 6.10. The fraction of sp³-hybridized carbons (Fsp3) is 0.588. The Bertz CT molecular complexity index is 592. The molecule has 1 saturated heterocycles. The van der Waals surface area contributed by atoms with Crippen molar-refractivity contribution < 1.29 is 4.52 Å². The Hall–Kier alpha value is -1.79. The van der Waals surface area contributed by atoms with Gasteiger partial charge in [0.2, 0.25) is 5.89 Å². The molecule has 0 amide bonds. The Kier molecular flexibility index (Phi) is 5.35. The third-order valence-corrected chi connectivity index (χ3v) is 4.41. The van der Waals surface area contributed by atoms with Gasteiger partial charge in [-0.15, -0.1) is 0 Å². The number of hydrogen-bond donors (Lipinski definition) is 0. The number of nitrogens with zero attached hydrogens (tertiary/aromatic N) is 5. The van der Waals surface area contributed by atoms with E-state index < -0.39 is 0 Å². The maximum absolute atomic E-state index is 5.26. The molecule has 0 radical (unpaired) electrons. The average Bonchev–Trinajstić information content (AvgIpc) is 3.03. The topological polar surface area (TPSA) is 58.3 Å². The van der Waals surface area contributed by atoms with Gasteiger partial charge in [0.05, 0.1) is 12.2 Å². The van der Waals surface area contributed by atoms with Gasteiger partial charge in [-0.2, -0.15) is 4.98 Å². The summed E-state index contributed by atoms with van der Waals surface area (Å²) in [6.07, 6.45) is 3.76. The smallest absolute Gasteiger partial charge is 0.226 e. The first-order valence-electron chi connectivity index (χ1n) is 8.45. The summed E-state index contributed by atoms with van der Waals surface area (Å²) < 4.78 is 5.26. The minimum absolute atomic E-state index is 0.361. The van der Waals surface area contributed by atoms with Crippen LogP contribution in [0.5, 0.6) is 0 Å². The predicted molar refractivity (Wildman–Crippen MR) is 87.8 cm³/mol. The minimum atomic E-state index is 0.361. The highest BCUT2D eigenvalue weighted by atomic mass is 16.5. The van der Waals surface area contributed by atoms with E-state index in [1.807, 2.05) is 12.3 Å². The molecule has 0 aromatic carbocycles. The van der Waals surface area contributed by atoms with Gasteiger partial charge in [-0.3, -0.25) is 14.8 Å². The maximum Gasteiger partial charge on any atom is 0.226 e. The first kappa shape index (κ1) is 16.1. The highest BCUT2D eigenvalue weighted by Gasteiger charge is 2.23. The molecule has 3 heterocycles. The predicted octanol–water partition coefficient (Wildman–Crippen LogP) is 2.30. The van der Waals surface area contributed by atoms with Gasteiger partial charge in [0.25, 0.3) is 0 Å². The van der Waals surface area contributed by atoms with Crippen molar-refractivity contribution >= 4 is 0 Å². The second-order valence-corrected chi connectivity index (χ2v) is 6.10. The summed E-state index contributed by atoms with van der Waals surface area (Å²) in [6, 6.07) is 6.48. The van der Waals surface area contributed by atoms with E-state index in [1.165, 1.54) is 0 Å². The zero-order valence-electron chi connectivity index (χ0n) is 14.0. The Morgan fingerprint density at radius 2 is 2.04 bits per heavy atom. The van der Waals surface area contributed by atoms with Gasteiger partial charge < -0.3 is 4.52 Å². The van der Waals surface area contributed by atoms with Gasteiger partial charge in [-0.1, -0.05) is 18.1 Å². The van der Waals surface area contributed by atoms with Crippen molar-refractivity contribution in [3.8, 4) is 0 Å². The molecule has 23 heavy (non-hydrogen) atoms. The average molecular weight is 315 g/mol. The molecule has 2 aromatic heterocycles. The number of aromatic nitrogens is 3. The summed E-state index contributed by atoms with van der Waals surface area (Å²) in [6.45, 7) is 9.25. The molecule has 1 aliphatic rings. The van der Waals surface area contributed by atoms with Crippen molar-refractivity contribution in [2.45, 2.75) is 39.3 Å². The summed E-state index contributed by atoms with van der Waals surface area (Å²) >= 11 is 0. The van der Waals surface area contributed by atoms with E-state index >= 15 is 0 Å². The van der Waals surface area contributed by atoms with Crippen molar-refractivity contribution in [2.24, 2.45) is 0 Å². The van der Waals surface area contributed by atoms with Crippen molar-refractivity contribution in [2.75, 3.05) is 26.2 Å². The van der Waals surface area contributed by atoms with Crippen LogP contribution in [0.15, 0.2) is 28.9 Å². The highest BCUT2D eigenvalue weighted by Crippen LogP contribution is 2.19. The molecule has 0 spiro atoms. The fourth-order valence-corrected chi connectivity index (χ4v) is 2.99. The second kappa shape index (κ2) is 7.66. The van der Waals surface area contributed by atoms with E-state index in [1.54, 1.807) is 0 Å². The van der Waals surface area contributed by atoms with Crippen molar-refractivity contribution in [3.63, 3.8) is 0 Å². The van der Waals surface area contributed by atoms with Crippen molar-refractivity contribution in [3.05, 3.63) is 41.8 Å². The van der Waals surface area contributed by atoms with Gasteiger partial charge in [0, 0.05) is 44.8 Å². The summed E-state index contributed by atoms with van der Waals surface area (Å²) in [5, 5.41) is 4.08. The van der Waals surface area contributed by atoms with E-state index in [-0.39, 0.29) is 0 Å². The summed E-state index contributed by atoms with van der Waals surface area (Å²) in [5.74, 6) is 1.56. The van der Waals surface area contributed by atoms with Gasteiger partial charge in [-0.05, 0) is 25.5 Å². The van der Waals surface area contributed by atoms with E-state index in [2.05, 4.69) is 50.9 Å². The van der Waals surface area contributed by atoms with Crippen LogP contribution >= 0.6 is 0 Å². The normalized spacial score (nSPS) is 18.2. The Morgan fingerprint density at radius 3 is 2.74 bits per heavy atom. The lowest BCUT2D eigenvalue weighted by Crippen LogP contribution is -2.46. The summed E-state index contributed by atoms with van der Waals surface area (Å²) in [4.78, 5) is 13.8. The van der Waals surface area contributed by atoms with Gasteiger partial charge in [0.15, 0.2) is 5.82 Å². The molecular formula is C17H25N5O. The lowest BCUT2D eigenvalue weighted by molar-refractivity contribution is 0.0942. The van der Waals surface area contributed by atoms with Crippen LogP contribution in [-0.4, -0.2) is 51.1 Å². The molecule has 6 nitrogen and oxygen atoms in total. The number of rotatable bonds is 6. The SMILES string of the molecule is CCCc1nc(CN2CCN([C@H](C)c3ccccn3)CC2)no1. The molecule has 1 aliphatic heterocycles. The van der Waals surface area contributed by atoms with Gasteiger partial charge in [-0.25, -0.2) is 0 Å². The largest absolute Gasteiger partial charge is 0.339 e. The van der Waals surface area contributed by atoms with Crippen LogP contribution in [0.2, 0.25) is 0 Å². The van der Waals surface area contributed by atoms with Crippen molar-refractivity contribution in [1.82, 2.24) is 24.9 Å². The van der Waals surface area contributed by atoms with E-state index in [0.717, 1.165) is 63.0 Å². The lowest BCUT2D eigenvalue weighted by atomic mass is 10.1. The third kappa shape index (κ3) is 4.14. The van der Waals surface area contributed by atoms with E-state index in [0.29, 0.717) is 6.04 Å². The Balaban J connectivity index is 1.50. The first-order chi connectivity index (χ1) is 11.3. The minimum Gasteiger partial charge on any atom is -0.339 e. The standard InChI is InChI=1S/C17H25N5O/c1-3-6-17-19-16(20-23-17)13-21-9-11-22(12-10-21)14(2)15-7-4-5-8-18-15/h4-5,7-8,14H,3,6,9-13H2,1-2H3/t14-/m1/s1. The molecule has 0 unspecified atom stereocenters. The molecule has 3 rings (SSSR count). The summed E-state index contributed by atoms with van der Waals surface area (Å²) in [5.41, 5.74) is 1.14. The van der Waals surface area contributed by atoms with Gasteiger partial charge in [0.1, 0.15) is 0 Å². The summed E-state index contributed by atoms with van der Waals surface area (Å²) in [7, 11) is 0. The van der Waals surface area contributed by atoms with Crippen LogP contribution in [0, 0.1) is 0 Å². The van der Waals surface area contributed by atoms with E-state index in [9.17, 15) is 0 Å². The quantitative estimate of drug-likeness (QED) is 0.815. The van der Waals surface area contributed by atoms with Crippen LogP contribution in [-0.2, 0) is 13.0 Å². The molecule has 6 heteroatoms. The lowest BCUT2D eigenvalue weighted by Gasteiger charge is -2.37. The first-order valence-corrected chi connectivity index (χ1v) is 8.45. The van der Waals surface area contributed by atoms with Crippen LogP contribution < -0.4 is 0 Å². The Morgan fingerprint density at radius 1 is 1.22 bits per heavy atom. The Labute approximate surface area is 137 Å². The monoisotopic (exact) mass is 315 g/mol. The van der Waals surface area contributed by atoms with E-state index in [4.69, 9.17) is 4.52 Å². The molecular weight excluding hydrogens is 290 g/mol. The zero-order chi connectivity index (χ0) is 16.1. The fourth-order valence-electron chi connectivity index (χ4n) is 2.99.